The molecular weight excluding hydrogens is 228 g/mol. The molecule has 4 heteroatoms. The summed E-state index contributed by atoms with van der Waals surface area (Å²) in [6, 6.07) is 7.83. The Morgan fingerprint density at radius 1 is 1.39 bits per heavy atom. The van der Waals surface area contributed by atoms with Crippen molar-refractivity contribution in [2.45, 2.75) is 6.92 Å². The summed E-state index contributed by atoms with van der Waals surface area (Å²) in [6.07, 6.45) is 4.82. The fraction of sp³-hybridized carbons (Fsp3) is 0.143. The number of primary amides is 1. The normalized spacial score (nSPS) is 11.6. The molecule has 0 spiro atoms. The summed E-state index contributed by atoms with van der Waals surface area (Å²) in [6.45, 7) is 1.99. The van der Waals surface area contributed by atoms with Crippen LogP contribution in [0.4, 0.5) is 5.69 Å². The topological polar surface area (TPSA) is 63.4 Å². The number of amides is 1. The maximum atomic E-state index is 11.2. The molecule has 1 amide bonds. The SMILES string of the molecule is Cc1cccc(N(C)/C=C(\C=C/C=O)C(N)=O)c1. The molecule has 18 heavy (non-hydrogen) atoms. The molecule has 1 aromatic carbocycles. The highest BCUT2D eigenvalue weighted by Crippen LogP contribution is 2.15. The Balaban J connectivity index is 3.01. The first-order valence-electron chi connectivity index (χ1n) is 5.47. The molecule has 0 saturated heterocycles. The maximum Gasteiger partial charge on any atom is 0.250 e. The van der Waals surface area contributed by atoms with Gasteiger partial charge in [-0.2, -0.15) is 0 Å². The number of benzene rings is 1. The predicted octanol–water partition coefficient (Wildman–Crippen LogP) is 1.56. The number of nitrogens with two attached hydrogens (primary N) is 1. The molecule has 4 nitrogen and oxygen atoms in total. The Labute approximate surface area is 106 Å². The average Bonchev–Trinajstić information content (AvgIpc) is 2.33. The van der Waals surface area contributed by atoms with E-state index in [9.17, 15) is 9.59 Å². The Morgan fingerprint density at radius 2 is 2.11 bits per heavy atom. The summed E-state index contributed by atoms with van der Waals surface area (Å²) in [5.41, 5.74) is 7.56. The van der Waals surface area contributed by atoms with E-state index >= 15 is 0 Å². The molecule has 1 rings (SSSR count). The average molecular weight is 244 g/mol. The number of anilines is 1. The van der Waals surface area contributed by atoms with Crippen LogP contribution in [-0.2, 0) is 9.59 Å². The van der Waals surface area contributed by atoms with E-state index in [1.165, 1.54) is 12.2 Å². The second-order valence-electron chi connectivity index (χ2n) is 3.89. The molecule has 0 unspecified atom stereocenters. The highest BCUT2D eigenvalue weighted by Gasteiger charge is 2.04. The summed E-state index contributed by atoms with van der Waals surface area (Å²) >= 11 is 0. The predicted molar refractivity (Wildman–Crippen MR) is 72.1 cm³/mol. The van der Waals surface area contributed by atoms with Crippen LogP contribution in [0.5, 0.6) is 0 Å². The van der Waals surface area contributed by atoms with Gasteiger partial charge in [0, 0.05) is 18.9 Å². The molecule has 0 aliphatic rings. The molecule has 0 radical (unpaired) electrons. The number of hydrogen-bond donors (Lipinski definition) is 1. The second kappa shape index (κ2) is 6.39. The molecule has 0 aliphatic heterocycles. The zero-order valence-electron chi connectivity index (χ0n) is 10.5. The number of carbonyl (C=O) groups excluding carboxylic acids is 2. The van der Waals surface area contributed by atoms with Gasteiger partial charge < -0.3 is 10.6 Å². The fourth-order valence-corrected chi connectivity index (χ4v) is 1.46. The minimum atomic E-state index is -0.576. The Bertz CT molecular complexity index is 504. The van der Waals surface area contributed by atoms with Crippen LogP contribution in [0.15, 0.2) is 48.2 Å². The molecule has 0 bridgehead atoms. The first kappa shape index (κ1) is 13.7. The van der Waals surface area contributed by atoms with Crippen LogP contribution in [0.25, 0.3) is 0 Å². The molecule has 0 fully saturated rings. The summed E-state index contributed by atoms with van der Waals surface area (Å²) in [7, 11) is 1.81. The quantitative estimate of drug-likeness (QED) is 0.485. The van der Waals surface area contributed by atoms with Crippen molar-refractivity contribution in [3.8, 4) is 0 Å². The fourth-order valence-electron chi connectivity index (χ4n) is 1.46. The lowest BCUT2D eigenvalue weighted by Crippen LogP contribution is -2.17. The van der Waals surface area contributed by atoms with Crippen LogP contribution in [0.3, 0.4) is 0 Å². The van der Waals surface area contributed by atoms with E-state index in [-0.39, 0.29) is 5.57 Å². The van der Waals surface area contributed by atoms with Gasteiger partial charge in [0.2, 0.25) is 5.91 Å². The van der Waals surface area contributed by atoms with Gasteiger partial charge in [0.15, 0.2) is 0 Å². The van der Waals surface area contributed by atoms with Gasteiger partial charge in [-0.25, -0.2) is 0 Å². The number of aryl methyl sites for hydroxylation is 1. The van der Waals surface area contributed by atoms with Crippen LogP contribution in [0.2, 0.25) is 0 Å². The third-order valence-electron chi connectivity index (χ3n) is 2.38. The monoisotopic (exact) mass is 244 g/mol. The van der Waals surface area contributed by atoms with E-state index in [1.54, 1.807) is 11.1 Å². The molecule has 94 valence electrons. The third kappa shape index (κ3) is 3.90. The smallest absolute Gasteiger partial charge is 0.250 e. The van der Waals surface area contributed by atoms with Crippen molar-refractivity contribution >= 4 is 17.9 Å². The zero-order valence-corrected chi connectivity index (χ0v) is 10.5. The summed E-state index contributed by atoms with van der Waals surface area (Å²) in [5, 5.41) is 0. The maximum absolute atomic E-state index is 11.2. The molecule has 1 aromatic rings. The van der Waals surface area contributed by atoms with Gasteiger partial charge in [-0.05, 0) is 36.8 Å². The van der Waals surface area contributed by atoms with Crippen molar-refractivity contribution in [3.05, 3.63) is 53.8 Å². The van der Waals surface area contributed by atoms with E-state index in [4.69, 9.17) is 5.73 Å². The number of rotatable bonds is 5. The summed E-state index contributed by atoms with van der Waals surface area (Å²) < 4.78 is 0. The van der Waals surface area contributed by atoms with Crippen LogP contribution >= 0.6 is 0 Å². The minimum absolute atomic E-state index is 0.270. The number of hydrogen-bond acceptors (Lipinski definition) is 3. The van der Waals surface area contributed by atoms with Gasteiger partial charge in [-0.15, -0.1) is 0 Å². The van der Waals surface area contributed by atoms with Crippen LogP contribution in [0.1, 0.15) is 5.56 Å². The Hall–Kier alpha value is -2.36. The Morgan fingerprint density at radius 3 is 2.67 bits per heavy atom. The van der Waals surface area contributed by atoms with Crippen molar-refractivity contribution in [3.63, 3.8) is 0 Å². The second-order valence-corrected chi connectivity index (χ2v) is 3.89. The zero-order chi connectivity index (χ0) is 13.5. The first-order valence-corrected chi connectivity index (χ1v) is 5.47. The Kier molecular flexibility index (Phi) is 4.87. The lowest BCUT2D eigenvalue weighted by molar-refractivity contribution is -0.114. The van der Waals surface area contributed by atoms with E-state index in [0.29, 0.717) is 6.29 Å². The van der Waals surface area contributed by atoms with Crippen molar-refractivity contribution in [1.82, 2.24) is 0 Å². The number of aldehydes is 1. The van der Waals surface area contributed by atoms with E-state index < -0.39 is 5.91 Å². The van der Waals surface area contributed by atoms with Crippen molar-refractivity contribution in [2.75, 3.05) is 11.9 Å². The highest BCUT2D eigenvalue weighted by atomic mass is 16.1. The molecule has 2 N–H and O–H groups in total. The summed E-state index contributed by atoms with van der Waals surface area (Å²) in [5.74, 6) is -0.576. The van der Waals surface area contributed by atoms with Crippen molar-refractivity contribution in [2.24, 2.45) is 5.73 Å². The molecule has 0 aromatic heterocycles. The van der Waals surface area contributed by atoms with E-state index in [1.807, 2.05) is 38.2 Å². The number of carbonyl (C=O) groups is 2. The van der Waals surface area contributed by atoms with E-state index in [2.05, 4.69) is 0 Å². The third-order valence-corrected chi connectivity index (χ3v) is 2.38. The van der Waals surface area contributed by atoms with Gasteiger partial charge in [0.1, 0.15) is 6.29 Å². The van der Waals surface area contributed by atoms with Crippen molar-refractivity contribution in [1.29, 1.82) is 0 Å². The van der Waals surface area contributed by atoms with Gasteiger partial charge in [-0.3, -0.25) is 9.59 Å². The lowest BCUT2D eigenvalue weighted by Gasteiger charge is -2.15. The van der Waals surface area contributed by atoms with Crippen LogP contribution in [0, 0.1) is 6.92 Å². The summed E-state index contributed by atoms with van der Waals surface area (Å²) in [4.78, 5) is 23.2. The number of allylic oxidation sites excluding steroid dienone is 1. The van der Waals surface area contributed by atoms with Gasteiger partial charge in [-0.1, -0.05) is 12.1 Å². The van der Waals surface area contributed by atoms with Crippen molar-refractivity contribution < 1.29 is 9.59 Å². The molecule has 0 saturated carbocycles. The standard InChI is InChI=1S/C14H16N2O2/c1-11-5-3-7-13(9-11)16(2)10-12(14(15)18)6-4-8-17/h3-10H,1-2H3,(H2,15,18)/b6-4-,12-10+. The minimum Gasteiger partial charge on any atom is -0.366 e. The first-order chi connectivity index (χ1) is 8.54. The molecular formula is C14H16N2O2. The van der Waals surface area contributed by atoms with Crippen LogP contribution in [-0.4, -0.2) is 19.2 Å². The van der Waals surface area contributed by atoms with Gasteiger partial charge in [0.05, 0.1) is 5.57 Å². The lowest BCUT2D eigenvalue weighted by atomic mass is 10.2. The number of nitrogens with zero attached hydrogens (tertiary/aromatic N) is 1. The molecule has 0 atom stereocenters. The largest absolute Gasteiger partial charge is 0.366 e. The van der Waals surface area contributed by atoms with E-state index in [0.717, 1.165) is 11.3 Å². The molecule has 0 heterocycles. The highest BCUT2D eigenvalue weighted by molar-refractivity contribution is 5.96. The van der Waals surface area contributed by atoms with Gasteiger partial charge in [0.25, 0.3) is 0 Å². The van der Waals surface area contributed by atoms with Gasteiger partial charge >= 0.3 is 0 Å². The molecule has 0 aliphatic carbocycles. The van der Waals surface area contributed by atoms with Crippen LogP contribution < -0.4 is 10.6 Å².